The van der Waals surface area contributed by atoms with Crippen molar-refractivity contribution in [1.29, 1.82) is 0 Å². The number of pyridine rings is 1. The molecule has 20 heavy (non-hydrogen) atoms. The first-order valence-electron chi connectivity index (χ1n) is 6.77. The lowest BCUT2D eigenvalue weighted by molar-refractivity contribution is 0.0992. The molecular weight excluding hydrogens is 250 g/mol. The number of ketones is 1. The van der Waals surface area contributed by atoms with E-state index in [1.165, 1.54) is 11.1 Å². The minimum Gasteiger partial charge on any atom is -0.492 e. The van der Waals surface area contributed by atoms with E-state index >= 15 is 0 Å². The molecule has 2 rings (SSSR count). The lowest BCUT2D eigenvalue weighted by Crippen LogP contribution is -2.05. The van der Waals surface area contributed by atoms with Crippen LogP contribution in [0.5, 0.6) is 5.75 Å². The fourth-order valence-electron chi connectivity index (χ4n) is 2.02. The topological polar surface area (TPSA) is 39.2 Å². The molecule has 0 N–H and O–H groups in total. The second-order valence-electron chi connectivity index (χ2n) is 4.86. The van der Waals surface area contributed by atoms with Crippen molar-refractivity contribution >= 4 is 5.78 Å². The molecule has 0 bridgehead atoms. The zero-order valence-corrected chi connectivity index (χ0v) is 12.1. The van der Waals surface area contributed by atoms with Crippen LogP contribution in [0.3, 0.4) is 0 Å². The third kappa shape index (κ3) is 3.44. The van der Waals surface area contributed by atoms with Crippen molar-refractivity contribution in [2.24, 2.45) is 0 Å². The monoisotopic (exact) mass is 269 g/mol. The predicted molar refractivity (Wildman–Crippen MR) is 79.4 cm³/mol. The van der Waals surface area contributed by atoms with Gasteiger partial charge in [0.1, 0.15) is 5.75 Å². The lowest BCUT2D eigenvalue weighted by Gasteiger charge is -2.06. The Kier molecular flexibility index (Phi) is 4.51. The van der Waals surface area contributed by atoms with Crippen LogP contribution < -0.4 is 4.74 Å². The summed E-state index contributed by atoms with van der Waals surface area (Å²) < 4.78 is 5.37. The first kappa shape index (κ1) is 14.3. The van der Waals surface area contributed by atoms with Crippen LogP contribution in [0.25, 0.3) is 0 Å². The molecule has 0 amide bonds. The summed E-state index contributed by atoms with van der Waals surface area (Å²) in [6.07, 6.45) is 3.60. The fourth-order valence-corrected chi connectivity index (χ4v) is 2.02. The highest BCUT2D eigenvalue weighted by Crippen LogP contribution is 2.15. The van der Waals surface area contributed by atoms with Gasteiger partial charge >= 0.3 is 0 Å². The van der Waals surface area contributed by atoms with Gasteiger partial charge in [-0.25, -0.2) is 0 Å². The standard InChI is InChI=1S/C17H19NO2/c1-4-20-16-9-15(10-18-11-16)17(19)8-14-6-5-12(2)13(3)7-14/h5-7,9-11H,4,8H2,1-3H3. The molecule has 3 nitrogen and oxygen atoms in total. The van der Waals surface area contributed by atoms with E-state index in [2.05, 4.69) is 24.9 Å². The summed E-state index contributed by atoms with van der Waals surface area (Å²) in [5.74, 6) is 0.695. The maximum Gasteiger partial charge on any atom is 0.168 e. The van der Waals surface area contributed by atoms with Gasteiger partial charge in [0.15, 0.2) is 5.78 Å². The van der Waals surface area contributed by atoms with Crippen molar-refractivity contribution in [2.45, 2.75) is 27.2 Å². The van der Waals surface area contributed by atoms with Crippen LogP contribution in [0.4, 0.5) is 0 Å². The third-order valence-electron chi connectivity index (χ3n) is 3.28. The van der Waals surface area contributed by atoms with Gasteiger partial charge in [-0.2, -0.15) is 0 Å². The Balaban J connectivity index is 2.15. The van der Waals surface area contributed by atoms with E-state index in [1.807, 2.05) is 19.1 Å². The summed E-state index contributed by atoms with van der Waals surface area (Å²) in [4.78, 5) is 16.3. The summed E-state index contributed by atoms with van der Waals surface area (Å²) >= 11 is 0. The number of carbonyl (C=O) groups excluding carboxylic acids is 1. The molecule has 0 aliphatic carbocycles. The Morgan fingerprint density at radius 2 is 1.95 bits per heavy atom. The Morgan fingerprint density at radius 3 is 2.65 bits per heavy atom. The minimum atomic E-state index is 0.0577. The molecule has 1 heterocycles. The van der Waals surface area contributed by atoms with E-state index in [0.717, 1.165) is 5.56 Å². The average molecular weight is 269 g/mol. The van der Waals surface area contributed by atoms with Crippen LogP contribution >= 0.6 is 0 Å². The highest BCUT2D eigenvalue weighted by Gasteiger charge is 2.09. The Morgan fingerprint density at radius 1 is 1.15 bits per heavy atom. The number of aromatic nitrogens is 1. The second kappa shape index (κ2) is 6.33. The Labute approximate surface area is 119 Å². The van der Waals surface area contributed by atoms with Gasteiger partial charge in [0.05, 0.1) is 12.8 Å². The fraction of sp³-hybridized carbons (Fsp3) is 0.294. The SMILES string of the molecule is CCOc1cncc(C(=O)Cc2ccc(C)c(C)c2)c1. The molecule has 0 saturated carbocycles. The van der Waals surface area contributed by atoms with Gasteiger partial charge < -0.3 is 4.74 Å². The second-order valence-corrected chi connectivity index (χ2v) is 4.86. The van der Waals surface area contributed by atoms with Crippen LogP contribution in [0.2, 0.25) is 0 Å². The number of hydrogen-bond donors (Lipinski definition) is 0. The van der Waals surface area contributed by atoms with Gasteiger partial charge in [-0.3, -0.25) is 9.78 Å². The van der Waals surface area contributed by atoms with Crippen molar-refractivity contribution in [1.82, 2.24) is 4.98 Å². The molecule has 1 aromatic carbocycles. The molecule has 0 radical (unpaired) electrons. The molecule has 1 aromatic heterocycles. The third-order valence-corrected chi connectivity index (χ3v) is 3.28. The molecule has 0 aliphatic rings. The van der Waals surface area contributed by atoms with E-state index < -0.39 is 0 Å². The molecule has 0 fully saturated rings. The largest absolute Gasteiger partial charge is 0.492 e. The number of rotatable bonds is 5. The van der Waals surface area contributed by atoms with Crippen LogP contribution in [-0.4, -0.2) is 17.4 Å². The van der Waals surface area contributed by atoms with Crippen molar-refractivity contribution in [3.05, 3.63) is 58.9 Å². The lowest BCUT2D eigenvalue weighted by atomic mass is 10.0. The molecule has 0 atom stereocenters. The summed E-state index contributed by atoms with van der Waals surface area (Å²) in [6, 6.07) is 7.86. The highest BCUT2D eigenvalue weighted by atomic mass is 16.5. The minimum absolute atomic E-state index is 0.0577. The molecular formula is C17H19NO2. The number of nitrogens with zero attached hydrogens (tertiary/aromatic N) is 1. The Hall–Kier alpha value is -2.16. The number of hydrogen-bond acceptors (Lipinski definition) is 3. The van der Waals surface area contributed by atoms with E-state index in [1.54, 1.807) is 18.5 Å². The van der Waals surface area contributed by atoms with E-state index in [4.69, 9.17) is 4.74 Å². The van der Waals surface area contributed by atoms with E-state index in [9.17, 15) is 4.79 Å². The molecule has 0 spiro atoms. The van der Waals surface area contributed by atoms with Gasteiger partial charge in [-0.1, -0.05) is 18.2 Å². The van der Waals surface area contributed by atoms with Crippen LogP contribution in [-0.2, 0) is 6.42 Å². The summed E-state index contributed by atoms with van der Waals surface area (Å²) in [5, 5.41) is 0. The van der Waals surface area contributed by atoms with E-state index in [0.29, 0.717) is 24.3 Å². The number of ether oxygens (including phenoxy) is 1. The van der Waals surface area contributed by atoms with Crippen molar-refractivity contribution in [3.63, 3.8) is 0 Å². The molecule has 0 aliphatic heterocycles. The zero-order valence-electron chi connectivity index (χ0n) is 12.1. The maximum atomic E-state index is 12.3. The normalized spacial score (nSPS) is 10.3. The molecule has 0 unspecified atom stereocenters. The average Bonchev–Trinajstić information content (AvgIpc) is 2.43. The van der Waals surface area contributed by atoms with Crippen LogP contribution in [0.15, 0.2) is 36.7 Å². The quantitative estimate of drug-likeness (QED) is 0.780. The van der Waals surface area contributed by atoms with Crippen LogP contribution in [0, 0.1) is 13.8 Å². The van der Waals surface area contributed by atoms with Crippen molar-refractivity contribution in [3.8, 4) is 5.75 Å². The number of benzene rings is 1. The van der Waals surface area contributed by atoms with Gasteiger partial charge in [0.2, 0.25) is 0 Å². The predicted octanol–water partition coefficient (Wildman–Crippen LogP) is 3.52. The number of Topliss-reactive ketones (excluding diaryl/α,β-unsaturated/α-hetero) is 1. The summed E-state index contributed by atoms with van der Waals surface area (Å²) in [6.45, 7) is 6.59. The van der Waals surface area contributed by atoms with Gasteiger partial charge in [0.25, 0.3) is 0 Å². The highest BCUT2D eigenvalue weighted by molar-refractivity contribution is 5.97. The van der Waals surface area contributed by atoms with E-state index in [-0.39, 0.29) is 5.78 Å². The van der Waals surface area contributed by atoms with Gasteiger partial charge in [0, 0.05) is 18.2 Å². The molecule has 2 aromatic rings. The zero-order chi connectivity index (χ0) is 14.5. The molecule has 3 heteroatoms. The molecule has 0 saturated heterocycles. The molecule has 104 valence electrons. The van der Waals surface area contributed by atoms with Crippen molar-refractivity contribution in [2.75, 3.05) is 6.61 Å². The first-order chi connectivity index (χ1) is 9.60. The van der Waals surface area contributed by atoms with Gasteiger partial charge in [-0.15, -0.1) is 0 Å². The Bertz CT molecular complexity index is 620. The number of aryl methyl sites for hydroxylation is 2. The first-order valence-corrected chi connectivity index (χ1v) is 6.77. The maximum absolute atomic E-state index is 12.3. The van der Waals surface area contributed by atoms with Gasteiger partial charge in [-0.05, 0) is 43.5 Å². The smallest absolute Gasteiger partial charge is 0.168 e. The summed E-state index contributed by atoms with van der Waals surface area (Å²) in [5.41, 5.74) is 4.06. The van der Waals surface area contributed by atoms with Crippen molar-refractivity contribution < 1.29 is 9.53 Å². The van der Waals surface area contributed by atoms with Crippen LogP contribution in [0.1, 0.15) is 34.0 Å². The summed E-state index contributed by atoms with van der Waals surface area (Å²) in [7, 11) is 0. The number of carbonyl (C=O) groups is 1.